The molecule has 88 valence electrons. The first-order chi connectivity index (χ1) is 7.85. The van der Waals surface area contributed by atoms with Gasteiger partial charge in [-0.2, -0.15) is 0 Å². The lowest BCUT2D eigenvalue weighted by atomic mass is 10.1. The highest BCUT2D eigenvalue weighted by atomic mass is 16.5. The predicted octanol–water partition coefficient (Wildman–Crippen LogP) is 0.673. The summed E-state index contributed by atoms with van der Waals surface area (Å²) in [5.74, 6) is 1.60. The monoisotopic (exact) mass is 222 g/mol. The fraction of sp³-hybridized carbons (Fsp3) is 0.636. The Morgan fingerprint density at radius 1 is 1.44 bits per heavy atom. The van der Waals surface area contributed by atoms with Crippen LogP contribution in [0.3, 0.4) is 0 Å². The quantitative estimate of drug-likeness (QED) is 0.793. The highest BCUT2D eigenvalue weighted by molar-refractivity contribution is 5.42. The second kappa shape index (κ2) is 5.12. The van der Waals surface area contributed by atoms with Crippen LogP contribution >= 0.6 is 0 Å². The van der Waals surface area contributed by atoms with Crippen molar-refractivity contribution in [2.75, 3.05) is 31.1 Å². The molecule has 1 N–H and O–H groups in total. The molecule has 1 aliphatic rings. The molecule has 0 unspecified atom stereocenters. The van der Waals surface area contributed by atoms with Gasteiger partial charge in [0.2, 0.25) is 5.88 Å². The van der Waals surface area contributed by atoms with Gasteiger partial charge in [-0.15, -0.1) is 0 Å². The molecule has 0 saturated carbocycles. The lowest BCUT2D eigenvalue weighted by Crippen LogP contribution is -2.57. The van der Waals surface area contributed by atoms with Gasteiger partial charge in [-0.25, -0.2) is 9.97 Å². The Kier molecular flexibility index (Phi) is 3.56. The molecule has 1 aromatic heterocycles. The van der Waals surface area contributed by atoms with Crippen molar-refractivity contribution in [1.82, 2.24) is 15.3 Å². The molecule has 0 amide bonds. The zero-order valence-corrected chi connectivity index (χ0v) is 9.81. The lowest BCUT2D eigenvalue weighted by molar-refractivity contribution is 0.325. The fourth-order valence-electron chi connectivity index (χ4n) is 1.81. The molecule has 16 heavy (non-hydrogen) atoms. The minimum atomic E-state index is 0.550. The Labute approximate surface area is 95.8 Å². The maximum Gasteiger partial charge on any atom is 0.218 e. The Morgan fingerprint density at radius 2 is 2.25 bits per heavy atom. The number of hydrogen-bond acceptors (Lipinski definition) is 5. The van der Waals surface area contributed by atoms with E-state index in [9.17, 15) is 0 Å². The molecule has 5 nitrogen and oxygen atoms in total. The van der Waals surface area contributed by atoms with E-state index in [1.807, 2.05) is 13.0 Å². The number of rotatable bonds is 5. The number of hydrogen-bond donors (Lipinski definition) is 1. The summed E-state index contributed by atoms with van der Waals surface area (Å²) in [5, 5.41) is 3.27. The van der Waals surface area contributed by atoms with Gasteiger partial charge in [0, 0.05) is 25.7 Å². The summed E-state index contributed by atoms with van der Waals surface area (Å²) < 4.78 is 5.38. The molecule has 0 bridgehead atoms. The van der Waals surface area contributed by atoms with Gasteiger partial charge in [0.1, 0.15) is 12.1 Å². The maximum absolute atomic E-state index is 5.38. The van der Waals surface area contributed by atoms with Gasteiger partial charge in [-0.05, 0) is 13.8 Å². The first-order valence-electron chi connectivity index (χ1n) is 5.77. The molecule has 0 radical (unpaired) electrons. The molecule has 0 spiro atoms. The molecule has 1 saturated heterocycles. The predicted molar refractivity (Wildman–Crippen MR) is 62.9 cm³/mol. The van der Waals surface area contributed by atoms with E-state index in [1.165, 1.54) is 0 Å². The third-order valence-electron chi connectivity index (χ3n) is 2.76. The number of nitrogens with one attached hydrogen (secondary N) is 1. The van der Waals surface area contributed by atoms with Gasteiger partial charge >= 0.3 is 0 Å². The van der Waals surface area contributed by atoms with Crippen LogP contribution in [0.4, 0.5) is 5.82 Å². The fourth-order valence-corrected chi connectivity index (χ4v) is 1.81. The average Bonchev–Trinajstić information content (AvgIpc) is 2.24. The topological polar surface area (TPSA) is 50.3 Å². The second-order valence-electron chi connectivity index (χ2n) is 3.75. The van der Waals surface area contributed by atoms with E-state index in [0.29, 0.717) is 18.5 Å². The van der Waals surface area contributed by atoms with Gasteiger partial charge in [0.25, 0.3) is 0 Å². The summed E-state index contributed by atoms with van der Waals surface area (Å²) in [7, 11) is 0. The summed E-state index contributed by atoms with van der Waals surface area (Å²) in [5.41, 5.74) is 0. The molecule has 2 rings (SSSR count). The number of anilines is 1. The summed E-state index contributed by atoms with van der Waals surface area (Å²) in [6, 6.07) is 2.46. The van der Waals surface area contributed by atoms with Crippen LogP contribution in [0.1, 0.15) is 13.8 Å². The minimum absolute atomic E-state index is 0.550. The van der Waals surface area contributed by atoms with Gasteiger partial charge in [0.15, 0.2) is 0 Å². The van der Waals surface area contributed by atoms with Crippen molar-refractivity contribution in [3.05, 3.63) is 12.4 Å². The van der Waals surface area contributed by atoms with Crippen LogP contribution in [0.15, 0.2) is 12.4 Å². The molecular formula is C11H18N4O. The largest absolute Gasteiger partial charge is 0.478 e. The Balaban J connectivity index is 2.13. The highest BCUT2D eigenvalue weighted by Gasteiger charge is 2.24. The number of ether oxygens (including phenoxy) is 1. The number of nitrogens with zero attached hydrogens (tertiary/aromatic N) is 3. The van der Waals surface area contributed by atoms with Crippen LogP contribution < -0.4 is 15.0 Å². The van der Waals surface area contributed by atoms with Crippen LogP contribution in [0, 0.1) is 0 Å². The van der Waals surface area contributed by atoms with Crippen molar-refractivity contribution in [3.8, 4) is 5.88 Å². The van der Waals surface area contributed by atoms with Crippen molar-refractivity contribution in [1.29, 1.82) is 0 Å². The van der Waals surface area contributed by atoms with E-state index >= 15 is 0 Å². The molecule has 0 atom stereocenters. The Morgan fingerprint density at radius 3 is 2.81 bits per heavy atom. The van der Waals surface area contributed by atoms with E-state index in [-0.39, 0.29) is 0 Å². The first-order valence-corrected chi connectivity index (χ1v) is 5.77. The molecule has 2 heterocycles. The third kappa shape index (κ3) is 2.24. The lowest BCUT2D eigenvalue weighted by Gasteiger charge is -2.38. The van der Waals surface area contributed by atoms with E-state index in [4.69, 9.17) is 4.74 Å². The van der Waals surface area contributed by atoms with Crippen molar-refractivity contribution >= 4 is 5.82 Å². The summed E-state index contributed by atoms with van der Waals surface area (Å²) >= 11 is 0. The van der Waals surface area contributed by atoms with E-state index < -0.39 is 0 Å². The highest BCUT2D eigenvalue weighted by Crippen LogP contribution is 2.19. The van der Waals surface area contributed by atoms with Crippen molar-refractivity contribution in [3.63, 3.8) is 0 Å². The minimum Gasteiger partial charge on any atom is -0.478 e. The molecule has 0 aromatic carbocycles. The van der Waals surface area contributed by atoms with Gasteiger partial charge in [0.05, 0.1) is 12.6 Å². The van der Waals surface area contributed by atoms with E-state index in [1.54, 1.807) is 6.33 Å². The van der Waals surface area contributed by atoms with Gasteiger partial charge in [-0.1, -0.05) is 0 Å². The zero-order chi connectivity index (χ0) is 11.4. The maximum atomic E-state index is 5.38. The summed E-state index contributed by atoms with van der Waals surface area (Å²) in [4.78, 5) is 10.7. The number of aromatic nitrogens is 2. The molecular weight excluding hydrogens is 204 g/mol. The first kappa shape index (κ1) is 11.1. The summed E-state index contributed by atoms with van der Waals surface area (Å²) in [6.07, 6.45) is 1.56. The van der Waals surface area contributed by atoms with Gasteiger partial charge < -0.3 is 15.0 Å². The van der Waals surface area contributed by atoms with Crippen molar-refractivity contribution in [2.45, 2.75) is 19.9 Å². The third-order valence-corrected chi connectivity index (χ3v) is 2.76. The standard InChI is InChI=1S/C11H18N4O/c1-3-15(9-6-12-7-9)10-5-11(16-4-2)14-8-13-10/h5,8-9,12H,3-4,6-7H2,1-2H3. The average molecular weight is 222 g/mol. The molecule has 1 fully saturated rings. The molecule has 1 aromatic rings. The van der Waals surface area contributed by atoms with E-state index in [0.717, 1.165) is 25.5 Å². The van der Waals surface area contributed by atoms with E-state index in [2.05, 4.69) is 27.1 Å². The zero-order valence-electron chi connectivity index (χ0n) is 9.81. The molecule has 5 heteroatoms. The van der Waals surface area contributed by atoms with Crippen molar-refractivity contribution in [2.24, 2.45) is 0 Å². The second-order valence-corrected chi connectivity index (χ2v) is 3.75. The van der Waals surface area contributed by atoms with Gasteiger partial charge in [-0.3, -0.25) is 0 Å². The van der Waals surface area contributed by atoms with Crippen LogP contribution in [-0.4, -0.2) is 42.3 Å². The number of likely N-dealkylation sites (N-methyl/N-ethyl adjacent to an activating group) is 1. The summed E-state index contributed by atoms with van der Waals surface area (Å²) in [6.45, 7) is 7.74. The van der Waals surface area contributed by atoms with Crippen molar-refractivity contribution < 1.29 is 4.74 Å². The SMILES string of the molecule is CCOc1cc(N(CC)C2CNC2)ncn1. The van der Waals surface area contributed by atoms with Crippen LogP contribution in [0.2, 0.25) is 0 Å². The molecule has 0 aliphatic carbocycles. The Bertz CT molecular complexity index is 341. The van der Waals surface area contributed by atoms with Crippen LogP contribution in [0.25, 0.3) is 0 Å². The Hall–Kier alpha value is -1.36. The smallest absolute Gasteiger partial charge is 0.218 e. The van der Waals surface area contributed by atoms with Crippen LogP contribution in [-0.2, 0) is 0 Å². The normalized spacial score (nSPS) is 15.6. The molecule has 1 aliphatic heterocycles. The van der Waals surface area contributed by atoms with Crippen LogP contribution in [0.5, 0.6) is 5.88 Å².